The Morgan fingerprint density at radius 1 is 0.973 bits per heavy atom. The van der Waals surface area contributed by atoms with Gasteiger partial charge in [-0.05, 0) is 112 Å². The van der Waals surface area contributed by atoms with Gasteiger partial charge in [-0.2, -0.15) is 13.2 Å². The molecular weight excluding hydrogens is 991 g/mol. The van der Waals surface area contributed by atoms with Gasteiger partial charge in [-0.15, -0.1) is 0 Å². The molecule has 4 aliphatic rings. The fourth-order valence-electron chi connectivity index (χ4n) is 11.1. The summed E-state index contributed by atoms with van der Waals surface area (Å²) < 4.78 is 85.9. The third kappa shape index (κ3) is 11.8. The van der Waals surface area contributed by atoms with Gasteiger partial charge >= 0.3 is 6.18 Å². The maximum atomic E-state index is 14.9. The molecule has 4 aliphatic heterocycles. The first-order chi connectivity index (χ1) is 36.0. The Hall–Kier alpha value is -6.66. The van der Waals surface area contributed by atoms with Gasteiger partial charge in [-0.25, -0.2) is 12.9 Å². The van der Waals surface area contributed by atoms with Crippen molar-refractivity contribution in [1.82, 2.24) is 33.3 Å². The van der Waals surface area contributed by atoms with Crippen molar-refractivity contribution in [3.8, 4) is 34.5 Å². The van der Waals surface area contributed by atoms with E-state index >= 15 is 0 Å². The van der Waals surface area contributed by atoms with Gasteiger partial charge in [-0.1, -0.05) is 29.3 Å². The number of hydrogen-bond acceptors (Lipinski definition) is 11. The van der Waals surface area contributed by atoms with Crippen molar-refractivity contribution in [3.63, 3.8) is 0 Å². The number of phenolic OH excluding ortho intramolecular Hbond substituents is 1. The second-order valence-corrected chi connectivity index (χ2v) is 22.2. The molecule has 0 radical (unpaired) electrons. The number of hydrogen-bond donors (Lipinski definition) is 3. The minimum absolute atomic E-state index is 0.0114. The van der Waals surface area contributed by atoms with Crippen LogP contribution in [0.15, 0.2) is 99.3 Å². The molecule has 3 aromatic heterocycles. The highest BCUT2D eigenvalue weighted by Crippen LogP contribution is 2.41. The summed E-state index contributed by atoms with van der Waals surface area (Å²) in [5.74, 6) is 7.26. The van der Waals surface area contributed by atoms with E-state index in [-0.39, 0.29) is 48.0 Å². The van der Waals surface area contributed by atoms with Gasteiger partial charge in [0, 0.05) is 98.8 Å². The van der Waals surface area contributed by atoms with Crippen LogP contribution >= 0.6 is 0 Å². The number of aryl methyl sites for hydroxylation is 2. The molecule has 75 heavy (non-hydrogen) atoms. The number of fused-ring (bicyclic) bond motifs is 1. The fraction of sp³-hybridized carbons (Fsp3) is 0.436. The van der Waals surface area contributed by atoms with Gasteiger partial charge in [0.1, 0.15) is 41.0 Å². The molecule has 1 spiro atoms. The third-order valence-corrected chi connectivity index (χ3v) is 16.4. The Morgan fingerprint density at radius 3 is 2.49 bits per heavy atom. The minimum Gasteiger partial charge on any atom is -0.506 e. The highest BCUT2D eigenvalue weighted by atomic mass is 32.2. The molecule has 1 amide bonds. The van der Waals surface area contributed by atoms with Gasteiger partial charge in [0.05, 0.1) is 46.6 Å². The van der Waals surface area contributed by atoms with Gasteiger partial charge in [0.2, 0.25) is 0 Å². The Kier molecular flexibility index (Phi) is 14.9. The molecule has 4 saturated heterocycles. The smallest absolute Gasteiger partial charge is 0.406 e. The molecule has 3 atom stereocenters. The molecule has 3 N–H and O–H groups in total. The van der Waals surface area contributed by atoms with E-state index in [1.54, 1.807) is 59.3 Å². The van der Waals surface area contributed by atoms with Crippen LogP contribution in [0.2, 0.25) is 0 Å². The zero-order valence-electron chi connectivity index (χ0n) is 42.2. The number of ether oxygens (including phenoxy) is 1. The number of phenols is 1. The second-order valence-electron chi connectivity index (χ2n) is 20.7. The van der Waals surface area contributed by atoms with Crippen LogP contribution in [-0.2, 0) is 28.9 Å². The predicted octanol–water partition coefficient (Wildman–Crippen LogP) is 7.27. The van der Waals surface area contributed by atoms with Crippen molar-refractivity contribution in [2.75, 3.05) is 89.7 Å². The zero-order valence-corrected chi connectivity index (χ0v) is 43.0. The van der Waals surface area contributed by atoms with E-state index < -0.39 is 35.9 Å². The number of aromatic hydroxyl groups is 1. The van der Waals surface area contributed by atoms with Crippen molar-refractivity contribution < 1.29 is 40.9 Å². The Bertz CT molecular complexity index is 3200. The summed E-state index contributed by atoms with van der Waals surface area (Å²) in [6, 6.07) is 21.6. The Labute approximate surface area is 435 Å². The SMILES string of the molecule is Cc1noc(C)c1-c1ccc(=O)n(Cc2cccc(OCC(=O)N3CC4(CN(CC5CCN(S(=O)c6ccc(NCC#Cc7cc8c(NC9CCN(C)CC9F)cccc8n7CC(F)(F)F)c(O)c6)CC5)C4)C3)c2)c1. The number of piperidine rings is 2. The van der Waals surface area contributed by atoms with Crippen molar-refractivity contribution >= 4 is 39.2 Å². The van der Waals surface area contributed by atoms with Crippen molar-refractivity contribution in [3.05, 3.63) is 118 Å². The first-order valence-electron chi connectivity index (χ1n) is 25.3. The molecular formula is C55H61F4N9O6S. The number of benzene rings is 3. The number of halogens is 4. The number of aromatic nitrogens is 3. The molecule has 0 aliphatic carbocycles. The van der Waals surface area contributed by atoms with Gasteiger partial charge in [0.25, 0.3) is 11.5 Å². The number of rotatable bonds is 15. The average molecular weight is 1050 g/mol. The summed E-state index contributed by atoms with van der Waals surface area (Å²) in [4.78, 5) is 32.6. The lowest BCUT2D eigenvalue weighted by Gasteiger charge is -2.60. The van der Waals surface area contributed by atoms with Crippen LogP contribution in [0, 0.1) is 37.0 Å². The summed E-state index contributed by atoms with van der Waals surface area (Å²) in [5, 5.41) is 21.7. The van der Waals surface area contributed by atoms with E-state index in [9.17, 15) is 36.5 Å². The summed E-state index contributed by atoms with van der Waals surface area (Å²) in [6.07, 6.45) is -1.52. The summed E-state index contributed by atoms with van der Waals surface area (Å²) in [7, 11) is 0.361. The molecule has 0 saturated carbocycles. The molecule has 10 rings (SSSR count). The molecule has 0 bridgehead atoms. The summed E-state index contributed by atoms with van der Waals surface area (Å²) >= 11 is 0. The number of amides is 1. The van der Waals surface area contributed by atoms with E-state index in [1.807, 2.05) is 53.2 Å². The highest BCUT2D eigenvalue weighted by Gasteiger charge is 2.53. The van der Waals surface area contributed by atoms with E-state index in [2.05, 4.69) is 32.5 Å². The third-order valence-electron chi connectivity index (χ3n) is 14.9. The molecule has 3 unspecified atom stereocenters. The number of pyridine rings is 1. The van der Waals surface area contributed by atoms with Crippen LogP contribution in [0.25, 0.3) is 22.0 Å². The zero-order chi connectivity index (χ0) is 52.6. The van der Waals surface area contributed by atoms with Gasteiger partial charge in [-0.3, -0.25) is 9.59 Å². The Morgan fingerprint density at radius 2 is 1.76 bits per heavy atom. The van der Waals surface area contributed by atoms with Crippen molar-refractivity contribution in [2.45, 2.75) is 69.5 Å². The normalized spacial score (nSPS) is 19.8. The van der Waals surface area contributed by atoms with Crippen molar-refractivity contribution in [1.29, 1.82) is 0 Å². The standard InChI is InChI=1S/C55H61F4N9O6S/c1-36-53(37(2)74-62-36)40-12-15-51(70)65(28-40)27-39-7-4-9-42(23-39)73-30-52(71)66-33-54(34-66)31-64(32-54)26-38-16-21-67(22-17-38)75(72)43-13-14-48(50(69)25-43)60-19-6-8-41-24-44-46(61-47-18-20-63(3)29-45(47)56)10-5-11-49(44)68(41)35-55(57,58)59/h4-5,7,9-15,23-25,28,38,45,47,60-61,69H,16-22,26-27,29-35H2,1-3H3. The highest BCUT2D eigenvalue weighted by molar-refractivity contribution is 7.82. The van der Waals surface area contributed by atoms with Gasteiger partial charge in [0.15, 0.2) is 6.61 Å². The van der Waals surface area contributed by atoms with Crippen LogP contribution in [0.1, 0.15) is 42.0 Å². The molecule has 15 nitrogen and oxygen atoms in total. The minimum atomic E-state index is -4.51. The van der Waals surface area contributed by atoms with E-state index in [0.29, 0.717) is 90.3 Å². The maximum Gasteiger partial charge on any atom is 0.406 e. The van der Waals surface area contributed by atoms with E-state index in [0.717, 1.165) is 59.4 Å². The number of carbonyl (C=O) groups is 1. The predicted molar refractivity (Wildman–Crippen MR) is 279 cm³/mol. The fourth-order valence-corrected chi connectivity index (χ4v) is 12.4. The largest absolute Gasteiger partial charge is 0.506 e. The molecule has 7 heterocycles. The lowest BCUT2D eigenvalue weighted by Crippen LogP contribution is -2.73. The lowest BCUT2D eigenvalue weighted by atomic mass is 9.72. The van der Waals surface area contributed by atoms with Crippen LogP contribution < -0.4 is 20.9 Å². The van der Waals surface area contributed by atoms with Gasteiger partial charge < -0.3 is 48.8 Å². The number of alkyl halides is 4. The molecule has 20 heteroatoms. The van der Waals surface area contributed by atoms with Crippen LogP contribution in [0.3, 0.4) is 0 Å². The molecule has 396 valence electrons. The van der Waals surface area contributed by atoms with Crippen LogP contribution in [-0.4, -0.2) is 146 Å². The monoisotopic (exact) mass is 1050 g/mol. The average Bonchev–Trinajstić information content (AvgIpc) is 3.88. The van der Waals surface area contributed by atoms with Crippen LogP contribution in [0.5, 0.6) is 11.5 Å². The van der Waals surface area contributed by atoms with Crippen LogP contribution in [0.4, 0.5) is 28.9 Å². The number of anilines is 2. The Balaban J connectivity index is 0.651. The van der Waals surface area contributed by atoms with E-state index in [4.69, 9.17) is 9.26 Å². The number of carbonyl (C=O) groups excluding carboxylic acids is 1. The molecule has 4 fully saturated rings. The topological polar surface area (TPSA) is 154 Å². The first-order valence-corrected chi connectivity index (χ1v) is 26.4. The first kappa shape index (κ1) is 51.8. The molecule has 3 aromatic carbocycles. The summed E-state index contributed by atoms with van der Waals surface area (Å²) in [6.45, 7) is 9.18. The number of nitrogens with one attached hydrogen (secondary N) is 2. The number of nitrogens with zero attached hydrogens (tertiary/aromatic N) is 7. The summed E-state index contributed by atoms with van der Waals surface area (Å²) in [5.41, 5.74) is 4.67. The van der Waals surface area contributed by atoms with Crippen molar-refractivity contribution in [2.24, 2.45) is 11.3 Å². The quantitative estimate of drug-likeness (QED) is 0.0541. The number of likely N-dealkylation sites (tertiary alicyclic amines) is 3. The second kappa shape index (κ2) is 21.5. The van der Waals surface area contributed by atoms with E-state index in [1.165, 1.54) is 12.1 Å². The maximum absolute atomic E-state index is 14.9. The lowest BCUT2D eigenvalue weighted by molar-refractivity contribution is -0.162. The molecule has 6 aromatic rings.